The molecule has 0 saturated heterocycles. The lowest BCUT2D eigenvalue weighted by atomic mass is 10.1. The maximum Gasteiger partial charge on any atom is 0.142 e. The zero-order chi connectivity index (χ0) is 13.7. The third-order valence-electron chi connectivity index (χ3n) is 2.74. The fourth-order valence-electron chi connectivity index (χ4n) is 1.71. The molecule has 96 valence electrons. The Morgan fingerprint density at radius 3 is 2.58 bits per heavy atom. The van der Waals surface area contributed by atoms with Crippen molar-refractivity contribution in [1.82, 2.24) is 4.98 Å². The van der Waals surface area contributed by atoms with Crippen molar-refractivity contribution in [2.24, 2.45) is 5.73 Å². The number of nitrogens with zero attached hydrogens (tertiary/aromatic N) is 2. The van der Waals surface area contributed by atoms with Crippen LogP contribution < -0.4 is 10.5 Å². The highest BCUT2D eigenvalue weighted by Crippen LogP contribution is 2.18. The number of ether oxygens (including phenoxy) is 1. The van der Waals surface area contributed by atoms with Gasteiger partial charge in [0.15, 0.2) is 0 Å². The van der Waals surface area contributed by atoms with Gasteiger partial charge < -0.3 is 10.5 Å². The summed E-state index contributed by atoms with van der Waals surface area (Å²) in [5.74, 6) is 0.706. The SMILES string of the molecule is Cc1ccc(OCc2ccc(C#N)cc2)c(CN)n1. The zero-order valence-corrected chi connectivity index (χ0v) is 10.8. The average molecular weight is 253 g/mol. The maximum absolute atomic E-state index is 8.73. The van der Waals surface area contributed by atoms with Crippen LogP contribution in [0.15, 0.2) is 36.4 Å². The molecule has 1 aromatic heterocycles. The summed E-state index contributed by atoms with van der Waals surface area (Å²) < 4.78 is 5.72. The van der Waals surface area contributed by atoms with Crippen LogP contribution in [0.25, 0.3) is 0 Å². The molecule has 0 atom stereocenters. The Hall–Kier alpha value is -2.38. The maximum atomic E-state index is 8.73. The normalized spacial score (nSPS) is 9.95. The number of nitriles is 1. The lowest BCUT2D eigenvalue weighted by molar-refractivity contribution is 0.301. The minimum absolute atomic E-state index is 0.352. The lowest BCUT2D eigenvalue weighted by Crippen LogP contribution is -2.05. The van der Waals surface area contributed by atoms with Gasteiger partial charge in [-0.3, -0.25) is 4.98 Å². The van der Waals surface area contributed by atoms with Crippen LogP contribution in [0.1, 0.15) is 22.5 Å². The minimum Gasteiger partial charge on any atom is -0.487 e. The topological polar surface area (TPSA) is 71.9 Å². The van der Waals surface area contributed by atoms with Crippen molar-refractivity contribution in [3.05, 3.63) is 58.9 Å². The summed E-state index contributed by atoms with van der Waals surface area (Å²) in [6.45, 7) is 2.71. The molecule has 1 heterocycles. The average Bonchev–Trinajstić information content (AvgIpc) is 2.46. The third kappa shape index (κ3) is 3.30. The first kappa shape index (κ1) is 13.1. The molecular weight excluding hydrogens is 238 g/mol. The van der Waals surface area contributed by atoms with Crippen molar-refractivity contribution in [3.63, 3.8) is 0 Å². The smallest absolute Gasteiger partial charge is 0.142 e. The summed E-state index contributed by atoms with van der Waals surface area (Å²) in [5, 5.41) is 8.73. The van der Waals surface area contributed by atoms with E-state index < -0.39 is 0 Å². The lowest BCUT2D eigenvalue weighted by Gasteiger charge is -2.10. The number of hydrogen-bond acceptors (Lipinski definition) is 4. The standard InChI is InChI=1S/C15H15N3O/c1-11-2-7-15(14(9-17)18-11)19-10-13-5-3-12(8-16)4-6-13/h2-7H,9-10,17H2,1H3. The molecular formula is C15H15N3O. The van der Waals surface area contributed by atoms with Gasteiger partial charge in [0.2, 0.25) is 0 Å². The molecule has 4 nitrogen and oxygen atoms in total. The molecule has 0 spiro atoms. The molecule has 19 heavy (non-hydrogen) atoms. The summed E-state index contributed by atoms with van der Waals surface area (Å²) in [5.41, 5.74) is 8.97. The number of hydrogen-bond donors (Lipinski definition) is 1. The number of nitrogens with two attached hydrogens (primary N) is 1. The van der Waals surface area contributed by atoms with E-state index in [0.29, 0.717) is 24.5 Å². The molecule has 0 saturated carbocycles. The Bertz CT molecular complexity index is 600. The molecule has 0 aliphatic rings. The van der Waals surface area contributed by atoms with Gasteiger partial charge in [0, 0.05) is 12.2 Å². The van der Waals surface area contributed by atoms with Gasteiger partial charge in [-0.15, -0.1) is 0 Å². The Balaban J connectivity index is 2.07. The predicted molar refractivity (Wildman–Crippen MR) is 72.4 cm³/mol. The number of rotatable bonds is 4. The molecule has 4 heteroatoms. The van der Waals surface area contributed by atoms with Crippen molar-refractivity contribution >= 4 is 0 Å². The summed E-state index contributed by atoms with van der Waals surface area (Å²) in [6.07, 6.45) is 0. The second-order valence-electron chi connectivity index (χ2n) is 4.20. The van der Waals surface area contributed by atoms with E-state index in [1.807, 2.05) is 31.2 Å². The Labute approximate surface area is 112 Å². The van der Waals surface area contributed by atoms with E-state index in [1.54, 1.807) is 12.1 Å². The number of pyridine rings is 1. The molecule has 0 aliphatic heterocycles. The highest BCUT2D eigenvalue weighted by molar-refractivity contribution is 5.32. The van der Waals surface area contributed by atoms with Crippen LogP contribution in [0, 0.1) is 18.3 Å². The van der Waals surface area contributed by atoms with E-state index in [-0.39, 0.29) is 0 Å². The largest absolute Gasteiger partial charge is 0.487 e. The molecule has 0 bridgehead atoms. The quantitative estimate of drug-likeness (QED) is 0.907. The van der Waals surface area contributed by atoms with E-state index in [9.17, 15) is 0 Å². The van der Waals surface area contributed by atoms with Crippen molar-refractivity contribution in [3.8, 4) is 11.8 Å². The van der Waals surface area contributed by atoms with E-state index >= 15 is 0 Å². The summed E-state index contributed by atoms with van der Waals surface area (Å²) in [7, 11) is 0. The van der Waals surface area contributed by atoms with Crippen LogP contribution in [0.5, 0.6) is 5.75 Å². The molecule has 2 rings (SSSR count). The van der Waals surface area contributed by atoms with Crippen LogP contribution in [-0.2, 0) is 13.2 Å². The molecule has 0 amide bonds. The first-order valence-electron chi connectivity index (χ1n) is 6.01. The van der Waals surface area contributed by atoms with Crippen LogP contribution in [0.2, 0.25) is 0 Å². The fraction of sp³-hybridized carbons (Fsp3) is 0.200. The van der Waals surface area contributed by atoms with Crippen molar-refractivity contribution in [2.45, 2.75) is 20.1 Å². The Kier molecular flexibility index (Phi) is 4.11. The fourth-order valence-corrected chi connectivity index (χ4v) is 1.71. The number of benzene rings is 1. The molecule has 2 aromatic rings. The van der Waals surface area contributed by atoms with Crippen LogP contribution in [-0.4, -0.2) is 4.98 Å². The first-order valence-corrected chi connectivity index (χ1v) is 6.01. The molecule has 1 aromatic carbocycles. The minimum atomic E-state index is 0.352. The van der Waals surface area contributed by atoms with Crippen LogP contribution in [0.4, 0.5) is 0 Å². The Morgan fingerprint density at radius 2 is 1.95 bits per heavy atom. The monoisotopic (exact) mass is 253 g/mol. The zero-order valence-electron chi connectivity index (χ0n) is 10.8. The van der Waals surface area contributed by atoms with Gasteiger partial charge in [-0.05, 0) is 36.8 Å². The second kappa shape index (κ2) is 5.98. The van der Waals surface area contributed by atoms with Gasteiger partial charge in [-0.25, -0.2) is 0 Å². The molecule has 0 unspecified atom stereocenters. The summed E-state index contributed by atoms with van der Waals surface area (Å²) >= 11 is 0. The van der Waals surface area contributed by atoms with Gasteiger partial charge in [0.1, 0.15) is 12.4 Å². The molecule has 0 fully saturated rings. The van der Waals surface area contributed by atoms with Gasteiger partial charge in [0.25, 0.3) is 0 Å². The van der Waals surface area contributed by atoms with Crippen molar-refractivity contribution < 1.29 is 4.74 Å². The molecule has 0 radical (unpaired) electrons. The van der Waals surface area contributed by atoms with Gasteiger partial charge in [-0.2, -0.15) is 5.26 Å². The van der Waals surface area contributed by atoms with Gasteiger partial charge in [-0.1, -0.05) is 12.1 Å². The van der Waals surface area contributed by atoms with Gasteiger partial charge in [0.05, 0.1) is 17.3 Å². The molecule has 2 N–H and O–H groups in total. The van der Waals surface area contributed by atoms with Crippen molar-refractivity contribution in [1.29, 1.82) is 5.26 Å². The predicted octanol–water partition coefficient (Wildman–Crippen LogP) is 2.30. The number of aromatic nitrogens is 1. The van der Waals surface area contributed by atoms with E-state index in [4.69, 9.17) is 15.7 Å². The summed E-state index contributed by atoms with van der Waals surface area (Å²) in [6, 6.07) is 13.2. The highest BCUT2D eigenvalue weighted by atomic mass is 16.5. The highest BCUT2D eigenvalue weighted by Gasteiger charge is 2.04. The van der Waals surface area contributed by atoms with E-state index in [0.717, 1.165) is 17.0 Å². The van der Waals surface area contributed by atoms with Gasteiger partial charge >= 0.3 is 0 Å². The van der Waals surface area contributed by atoms with Crippen LogP contribution in [0.3, 0.4) is 0 Å². The van der Waals surface area contributed by atoms with E-state index in [2.05, 4.69) is 11.1 Å². The molecule has 0 aliphatic carbocycles. The summed E-state index contributed by atoms with van der Waals surface area (Å²) in [4.78, 5) is 4.34. The number of aryl methyl sites for hydroxylation is 1. The van der Waals surface area contributed by atoms with E-state index in [1.165, 1.54) is 0 Å². The van der Waals surface area contributed by atoms with Crippen LogP contribution >= 0.6 is 0 Å². The first-order chi connectivity index (χ1) is 9.22. The van der Waals surface area contributed by atoms with Crippen molar-refractivity contribution in [2.75, 3.05) is 0 Å². The third-order valence-corrected chi connectivity index (χ3v) is 2.74. The second-order valence-corrected chi connectivity index (χ2v) is 4.20. The Morgan fingerprint density at radius 1 is 1.21 bits per heavy atom.